The average Bonchev–Trinajstić information content (AvgIpc) is 3.16. The highest BCUT2D eigenvalue weighted by molar-refractivity contribution is 5.65. The van der Waals surface area contributed by atoms with Crippen molar-refractivity contribution >= 4 is 17.3 Å². The van der Waals surface area contributed by atoms with Gasteiger partial charge in [-0.3, -0.25) is 4.90 Å². The maximum absolute atomic E-state index is 13.5. The summed E-state index contributed by atoms with van der Waals surface area (Å²) in [6.07, 6.45) is 1.43. The van der Waals surface area contributed by atoms with Crippen molar-refractivity contribution in [3.05, 3.63) is 59.9 Å². The molecular weight excluding hydrogens is 412 g/mol. The van der Waals surface area contributed by atoms with Gasteiger partial charge >= 0.3 is 0 Å². The topological polar surface area (TPSA) is 52.5 Å². The minimum atomic E-state index is -0.655. The molecule has 2 aromatic carbocycles. The maximum Gasteiger partial charge on any atom is 0.246 e. The summed E-state index contributed by atoms with van der Waals surface area (Å²) in [5, 5.41) is 7.53. The Kier molecular flexibility index (Phi) is 5.52. The lowest BCUT2D eigenvalue weighted by Crippen LogP contribution is -2.63. The van der Waals surface area contributed by atoms with Crippen LogP contribution in [0.3, 0.4) is 0 Å². The van der Waals surface area contributed by atoms with Crippen molar-refractivity contribution < 1.29 is 10.2 Å². The van der Waals surface area contributed by atoms with Gasteiger partial charge in [-0.15, -0.1) is 5.10 Å². The molecule has 2 saturated heterocycles. The molecule has 0 atom stereocenters. The Labute approximate surface area is 187 Å². The Balaban J connectivity index is 0.00000259. The van der Waals surface area contributed by atoms with Crippen LogP contribution in [0.4, 0.5) is 26.1 Å². The predicted octanol–water partition coefficient (Wildman–Crippen LogP) is 3.28. The van der Waals surface area contributed by atoms with E-state index in [0.29, 0.717) is 12.0 Å². The van der Waals surface area contributed by atoms with E-state index in [2.05, 4.69) is 56.2 Å². The molecule has 32 heavy (non-hydrogen) atoms. The highest BCUT2D eigenvalue weighted by Crippen LogP contribution is 2.29. The van der Waals surface area contributed by atoms with E-state index < -0.39 is 11.6 Å². The monoisotopic (exact) mass is 441 g/mol. The van der Waals surface area contributed by atoms with Crippen LogP contribution in [-0.2, 0) is 0 Å². The lowest BCUT2D eigenvalue weighted by atomic mass is 10.0. The molecule has 0 bridgehead atoms. The molecule has 0 saturated carbocycles. The summed E-state index contributed by atoms with van der Waals surface area (Å²) in [5.74, 6) is -0.944. The van der Waals surface area contributed by atoms with Crippen LogP contribution in [0, 0.1) is 18.6 Å². The number of piperazine rings is 1. The Morgan fingerprint density at radius 1 is 0.938 bits per heavy atom. The number of likely N-dealkylation sites (N-methyl/N-ethyl adjacent to an activating group) is 1. The molecule has 0 radical (unpaired) electrons. The normalized spacial score (nSPS) is 18.1. The summed E-state index contributed by atoms with van der Waals surface area (Å²) in [6.45, 7) is 8.68. The molecule has 170 valence electrons. The largest absolute Gasteiger partial charge is 0.368 e. The fraction of sp³-hybridized carbons (Fsp3) is 0.391. The number of nitrogens with zero attached hydrogens (tertiary/aromatic N) is 6. The first-order valence-electron chi connectivity index (χ1n) is 10.9. The van der Waals surface area contributed by atoms with Crippen molar-refractivity contribution in [1.82, 2.24) is 24.6 Å². The molecule has 0 unspecified atom stereocenters. The van der Waals surface area contributed by atoms with Gasteiger partial charge in [-0.05, 0) is 49.9 Å². The molecule has 0 amide bonds. The Morgan fingerprint density at radius 3 is 2.38 bits per heavy atom. The van der Waals surface area contributed by atoms with Crippen molar-refractivity contribution in [1.29, 1.82) is 0 Å². The summed E-state index contributed by atoms with van der Waals surface area (Å²) in [5.41, 5.74) is 3.47. The molecule has 0 aliphatic carbocycles. The van der Waals surface area contributed by atoms with Crippen molar-refractivity contribution in [2.24, 2.45) is 0 Å². The van der Waals surface area contributed by atoms with Gasteiger partial charge in [0.15, 0.2) is 0 Å². The second-order valence-corrected chi connectivity index (χ2v) is 8.72. The Morgan fingerprint density at radius 2 is 1.66 bits per heavy atom. The third kappa shape index (κ3) is 4.44. The molecule has 2 aliphatic rings. The highest BCUT2D eigenvalue weighted by Gasteiger charge is 2.33. The second kappa shape index (κ2) is 8.48. The molecule has 1 N–H and O–H groups in total. The van der Waals surface area contributed by atoms with Crippen LogP contribution in [-0.4, -0.2) is 76.9 Å². The zero-order chi connectivity index (χ0) is 22.2. The molecule has 5 rings (SSSR count). The number of rotatable bonds is 5. The number of benzene rings is 2. The zero-order valence-corrected chi connectivity index (χ0v) is 18.3. The molecule has 2 aliphatic heterocycles. The second-order valence-electron chi connectivity index (χ2n) is 8.72. The first kappa shape index (κ1) is 20.8. The van der Waals surface area contributed by atoms with Crippen molar-refractivity contribution in [3.8, 4) is 5.69 Å². The lowest BCUT2D eigenvalue weighted by molar-refractivity contribution is 0.0963. The molecule has 1 aromatic heterocycles. The minimum absolute atomic E-state index is 0. The molecular formula is C23H29F2N7. The summed E-state index contributed by atoms with van der Waals surface area (Å²) in [4.78, 5) is 11.6. The number of hydrogen-bond acceptors (Lipinski definition) is 6. The van der Waals surface area contributed by atoms with Gasteiger partial charge in [0.05, 0.1) is 5.69 Å². The molecule has 2 fully saturated rings. The number of hydrogen-bond donors (Lipinski definition) is 1. The van der Waals surface area contributed by atoms with Crippen molar-refractivity contribution in [2.45, 2.75) is 13.0 Å². The van der Waals surface area contributed by atoms with Gasteiger partial charge in [0.1, 0.15) is 18.0 Å². The van der Waals surface area contributed by atoms with Gasteiger partial charge < -0.3 is 15.1 Å². The number of nitrogens with one attached hydrogen (secondary N) is 1. The van der Waals surface area contributed by atoms with Gasteiger partial charge in [0.2, 0.25) is 5.95 Å². The highest BCUT2D eigenvalue weighted by atomic mass is 19.1. The van der Waals surface area contributed by atoms with Crippen LogP contribution in [0.25, 0.3) is 5.69 Å². The zero-order valence-electron chi connectivity index (χ0n) is 18.3. The number of anilines is 3. The third-order valence-corrected chi connectivity index (χ3v) is 6.20. The van der Waals surface area contributed by atoms with E-state index in [4.69, 9.17) is 0 Å². The van der Waals surface area contributed by atoms with E-state index in [-0.39, 0.29) is 7.11 Å². The standard InChI is InChI=1S/C23H27F2N7.H2/c1-16-7-19(27-23-26-15-32(28-23)21-10-17(24)9-18(25)11-21)12-20(8-16)31-13-22(14-31)30-5-3-29(2)4-6-30;/h7-12,15,22H,3-6,13-14H2,1-2H3,(H,27,28);1H. The number of aryl methyl sites for hydroxylation is 1. The Bertz CT molecular complexity index is 1090. The van der Waals surface area contributed by atoms with Crippen LogP contribution in [0.15, 0.2) is 42.7 Å². The fourth-order valence-corrected chi connectivity index (χ4v) is 4.35. The first-order chi connectivity index (χ1) is 15.4. The predicted molar refractivity (Wildman–Crippen MR) is 123 cm³/mol. The van der Waals surface area contributed by atoms with E-state index in [0.717, 1.165) is 56.6 Å². The quantitative estimate of drug-likeness (QED) is 0.656. The van der Waals surface area contributed by atoms with Crippen LogP contribution < -0.4 is 10.2 Å². The van der Waals surface area contributed by atoms with E-state index in [1.165, 1.54) is 28.8 Å². The van der Waals surface area contributed by atoms with Crippen LogP contribution in [0.5, 0.6) is 0 Å². The van der Waals surface area contributed by atoms with Crippen molar-refractivity contribution in [2.75, 3.05) is 56.5 Å². The van der Waals surface area contributed by atoms with Crippen LogP contribution in [0.1, 0.15) is 6.99 Å². The van der Waals surface area contributed by atoms with Gasteiger partial charge in [-0.2, -0.15) is 4.98 Å². The SMILES string of the molecule is Cc1cc(Nc2ncn(-c3cc(F)cc(F)c3)n2)cc(N2CC(N3CCN(C)CC3)C2)c1.[HH]. The van der Waals surface area contributed by atoms with Crippen LogP contribution >= 0.6 is 0 Å². The van der Waals surface area contributed by atoms with E-state index in [9.17, 15) is 8.78 Å². The molecule has 7 nitrogen and oxygen atoms in total. The van der Waals surface area contributed by atoms with E-state index in [1.54, 1.807) is 0 Å². The summed E-state index contributed by atoms with van der Waals surface area (Å²) in [6, 6.07) is 10.2. The molecule has 9 heteroatoms. The minimum Gasteiger partial charge on any atom is -0.368 e. The number of aromatic nitrogens is 3. The maximum atomic E-state index is 13.5. The van der Waals surface area contributed by atoms with Crippen LogP contribution in [0.2, 0.25) is 0 Å². The van der Waals surface area contributed by atoms with Gasteiger partial charge in [0.25, 0.3) is 0 Å². The molecule has 0 spiro atoms. The molecule has 3 aromatic rings. The lowest BCUT2D eigenvalue weighted by Gasteiger charge is -2.49. The summed E-state index contributed by atoms with van der Waals surface area (Å²) < 4.78 is 28.4. The first-order valence-corrected chi connectivity index (χ1v) is 10.9. The molecule has 3 heterocycles. The van der Waals surface area contributed by atoms with Crippen molar-refractivity contribution in [3.63, 3.8) is 0 Å². The van der Waals surface area contributed by atoms with Gasteiger partial charge in [-0.25, -0.2) is 13.5 Å². The summed E-state index contributed by atoms with van der Waals surface area (Å²) >= 11 is 0. The Hall–Kier alpha value is -3.04. The average molecular weight is 442 g/mol. The fourth-order valence-electron chi connectivity index (χ4n) is 4.35. The number of halogens is 2. The van der Waals surface area contributed by atoms with Gasteiger partial charge in [-0.1, -0.05) is 0 Å². The van der Waals surface area contributed by atoms with E-state index in [1.807, 2.05) is 6.07 Å². The smallest absolute Gasteiger partial charge is 0.246 e. The summed E-state index contributed by atoms with van der Waals surface area (Å²) in [7, 11) is 2.18. The van der Waals surface area contributed by atoms with Gasteiger partial charge in [0, 0.05) is 64.2 Å². The third-order valence-electron chi connectivity index (χ3n) is 6.20. The van der Waals surface area contributed by atoms with E-state index >= 15 is 0 Å².